The number of hydrogen-bond donors (Lipinski definition) is 2. The van der Waals surface area contributed by atoms with Crippen LogP contribution in [0.1, 0.15) is 34.5 Å². The molecule has 4 aromatic rings. The number of hydrogen-bond acceptors (Lipinski definition) is 4. The van der Waals surface area contributed by atoms with E-state index in [1.165, 1.54) is 5.56 Å². The molecule has 186 valence electrons. The van der Waals surface area contributed by atoms with E-state index >= 15 is 0 Å². The molecule has 0 bridgehead atoms. The molecule has 1 amide bonds. The maximum Gasteiger partial charge on any atom is 0.253 e. The van der Waals surface area contributed by atoms with Crippen molar-refractivity contribution in [1.82, 2.24) is 14.8 Å². The van der Waals surface area contributed by atoms with Crippen LogP contribution < -0.4 is 10.1 Å². The van der Waals surface area contributed by atoms with Gasteiger partial charge in [-0.1, -0.05) is 30.3 Å². The largest absolute Gasteiger partial charge is 0.508 e. The number of carbonyl (C=O) groups is 1. The van der Waals surface area contributed by atoms with E-state index in [0.717, 1.165) is 66.9 Å². The first-order valence-corrected chi connectivity index (χ1v) is 12.6. The predicted octanol–water partition coefficient (Wildman–Crippen LogP) is 5.09. The zero-order valence-corrected chi connectivity index (χ0v) is 20.9. The Balaban J connectivity index is 1.25. The van der Waals surface area contributed by atoms with Crippen molar-refractivity contribution in [1.29, 1.82) is 0 Å². The standard InChI is InChI=1S/C30H33N3O3/c1-21-29(27-20-25(34)10-13-28(27)33(21)24-6-4-3-5-7-24)30(35)31-23-15-18-32(19-16-23)17-14-22-8-11-26(36-2)12-9-22/h3-13,20,23,34H,14-19H2,1-2H3,(H,31,35). The van der Waals surface area contributed by atoms with Gasteiger partial charge in [-0.3, -0.25) is 4.79 Å². The monoisotopic (exact) mass is 483 g/mol. The molecular formula is C30H33N3O3. The molecule has 1 saturated heterocycles. The highest BCUT2D eigenvalue weighted by Gasteiger charge is 2.25. The topological polar surface area (TPSA) is 66.7 Å². The fourth-order valence-electron chi connectivity index (χ4n) is 5.24. The number of nitrogens with zero attached hydrogens (tertiary/aromatic N) is 2. The molecule has 5 rings (SSSR count). The molecule has 0 saturated carbocycles. The smallest absolute Gasteiger partial charge is 0.253 e. The Labute approximate surface area is 212 Å². The minimum absolute atomic E-state index is 0.0746. The van der Waals surface area contributed by atoms with Gasteiger partial charge in [-0.25, -0.2) is 0 Å². The van der Waals surface area contributed by atoms with Crippen molar-refractivity contribution in [3.63, 3.8) is 0 Å². The molecule has 1 aliphatic heterocycles. The number of nitrogens with one attached hydrogen (secondary N) is 1. The van der Waals surface area contributed by atoms with Crippen LogP contribution >= 0.6 is 0 Å². The number of fused-ring (bicyclic) bond motifs is 1. The van der Waals surface area contributed by atoms with Crippen molar-refractivity contribution in [2.24, 2.45) is 0 Å². The number of benzene rings is 3. The minimum Gasteiger partial charge on any atom is -0.508 e. The van der Waals surface area contributed by atoms with Crippen molar-refractivity contribution in [3.05, 3.63) is 89.6 Å². The molecule has 0 spiro atoms. The van der Waals surface area contributed by atoms with E-state index in [4.69, 9.17) is 4.74 Å². The Bertz CT molecular complexity index is 1340. The van der Waals surface area contributed by atoms with Crippen LogP contribution in [0.15, 0.2) is 72.8 Å². The van der Waals surface area contributed by atoms with Crippen LogP contribution in [0.4, 0.5) is 0 Å². The van der Waals surface area contributed by atoms with Crippen LogP contribution in [-0.2, 0) is 6.42 Å². The second-order valence-electron chi connectivity index (χ2n) is 9.52. The predicted molar refractivity (Wildman–Crippen MR) is 143 cm³/mol. The van der Waals surface area contributed by atoms with Crippen molar-refractivity contribution >= 4 is 16.8 Å². The number of aromatic nitrogens is 1. The molecule has 6 heteroatoms. The average molecular weight is 484 g/mol. The summed E-state index contributed by atoms with van der Waals surface area (Å²) >= 11 is 0. The summed E-state index contributed by atoms with van der Waals surface area (Å²) in [5.74, 6) is 0.967. The zero-order chi connectivity index (χ0) is 25.1. The number of rotatable bonds is 7. The second kappa shape index (κ2) is 10.5. The molecular weight excluding hydrogens is 450 g/mol. The van der Waals surface area contributed by atoms with Gasteiger partial charge in [-0.15, -0.1) is 0 Å². The number of likely N-dealkylation sites (tertiary alicyclic amines) is 1. The summed E-state index contributed by atoms with van der Waals surface area (Å²) in [6, 6.07) is 23.7. The second-order valence-corrected chi connectivity index (χ2v) is 9.52. The first kappa shape index (κ1) is 23.9. The Hall–Kier alpha value is -3.77. The molecule has 6 nitrogen and oxygen atoms in total. The van der Waals surface area contributed by atoms with Gasteiger partial charge in [0.1, 0.15) is 11.5 Å². The molecule has 36 heavy (non-hydrogen) atoms. The van der Waals surface area contributed by atoms with Crippen LogP contribution in [-0.4, -0.2) is 53.3 Å². The number of para-hydroxylation sites is 1. The fraction of sp³-hybridized carbons (Fsp3) is 0.300. The zero-order valence-electron chi connectivity index (χ0n) is 20.9. The van der Waals surface area contributed by atoms with Gasteiger partial charge in [0.25, 0.3) is 5.91 Å². The number of carbonyl (C=O) groups excluding carboxylic acids is 1. The number of ether oxygens (including phenoxy) is 1. The molecule has 2 heterocycles. The van der Waals surface area contributed by atoms with Crippen LogP contribution in [0.2, 0.25) is 0 Å². The number of piperidine rings is 1. The highest BCUT2D eigenvalue weighted by atomic mass is 16.5. The van der Waals surface area contributed by atoms with E-state index in [2.05, 4.69) is 26.9 Å². The van der Waals surface area contributed by atoms with Crippen LogP contribution in [0.3, 0.4) is 0 Å². The summed E-state index contributed by atoms with van der Waals surface area (Å²) < 4.78 is 7.33. The summed E-state index contributed by atoms with van der Waals surface area (Å²) in [7, 11) is 1.68. The lowest BCUT2D eigenvalue weighted by molar-refractivity contribution is 0.0912. The number of amides is 1. The highest BCUT2D eigenvalue weighted by Crippen LogP contribution is 2.32. The van der Waals surface area contributed by atoms with Gasteiger partial charge in [0.15, 0.2) is 0 Å². The highest BCUT2D eigenvalue weighted by molar-refractivity contribution is 6.09. The lowest BCUT2D eigenvalue weighted by atomic mass is 10.0. The van der Waals surface area contributed by atoms with E-state index in [1.807, 2.05) is 55.5 Å². The van der Waals surface area contributed by atoms with Gasteiger partial charge in [0, 0.05) is 42.4 Å². The Kier molecular flexibility index (Phi) is 6.96. The first-order chi connectivity index (χ1) is 17.5. The summed E-state index contributed by atoms with van der Waals surface area (Å²) in [6.07, 6.45) is 2.86. The van der Waals surface area contributed by atoms with Gasteiger partial charge >= 0.3 is 0 Å². The number of methoxy groups -OCH3 is 1. The SMILES string of the molecule is COc1ccc(CCN2CCC(NC(=O)c3c(C)n(-c4ccccc4)c4ccc(O)cc34)CC2)cc1. The molecule has 1 aliphatic rings. The fourth-order valence-corrected chi connectivity index (χ4v) is 5.24. The van der Waals surface area contributed by atoms with Crippen LogP contribution in [0.5, 0.6) is 11.5 Å². The summed E-state index contributed by atoms with van der Waals surface area (Å²) in [5, 5.41) is 14.2. The average Bonchev–Trinajstić information content (AvgIpc) is 3.19. The maximum atomic E-state index is 13.5. The molecule has 0 aliphatic carbocycles. The third-order valence-electron chi connectivity index (χ3n) is 7.23. The first-order valence-electron chi connectivity index (χ1n) is 12.6. The van der Waals surface area contributed by atoms with Gasteiger partial charge in [-0.2, -0.15) is 0 Å². The number of phenolic OH excluding ortho intramolecular Hbond substituents is 1. The van der Waals surface area contributed by atoms with Crippen LogP contribution in [0.25, 0.3) is 16.6 Å². The summed E-state index contributed by atoms with van der Waals surface area (Å²) in [4.78, 5) is 16.0. The van der Waals surface area contributed by atoms with Gasteiger partial charge < -0.3 is 24.6 Å². The van der Waals surface area contributed by atoms with Crippen molar-refractivity contribution < 1.29 is 14.6 Å². The molecule has 0 radical (unpaired) electrons. The van der Waals surface area contributed by atoms with Crippen molar-refractivity contribution in [2.45, 2.75) is 32.2 Å². The Morgan fingerprint density at radius 2 is 1.75 bits per heavy atom. The van der Waals surface area contributed by atoms with E-state index < -0.39 is 0 Å². The van der Waals surface area contributed by atoms with E-state index in [-0.39, 0.29) is 17.7 Å². The lowest BCUT2D eigenvalue weighted by Crippen LogP contribution is -2.45. The molecule has 0 atom stereocenters. The molecule has 1 aromatic heterocycles. The van der Waals surface area contributed by atoms with Crippen molar-refractivity contribution in [3.8, 4) is 17.2 Å². The number of phenols is 1. The van der Waals surface area contributed by atoms with E-state index in [9.17, 15) is 9.90 Å². The Morgan fingerprint density at radius 3 is 2.44 bits per heavy atom. The summed E-state index contributed by atoms with van der Waals surface area (Å²) in [6.45, 7) is 4.91. The molecule has 0 unspecified atom stereocenters. The maximum absolute atomic E-state index is 13.5. The lowest BCUT2D eigenvalue weighted by Gasteiger charge is -2.32. The van der Waals surface area contributed by atoms with Gasteiger partial charge in [0.05, 0.1) is 18.2 Å². The van der Waals surface area contributed by atoms with Gasteiger partial charge in [-0.05, 0) is 74.2 Å². The Morgan fingerprint density at radius 1 is 1.03 bits per heavy atom. The molecule has 1 fully saturated rings. The van der Waals surface area contributed by atoms with E-state index in [1.54, 1.807) is 19.2 Å². The quantitative estimate of drug-likeness (QED) is 0.384. The minimum atomic E-state index is -0.0746. The van der Waals surface area contributed by atoms with Crippen LogP contribution in [0, 0.1) is 6.92 Å². The van der Waals surface area contributed by atoms with Crippen molar-refractivity contribution in [2.75, 3.05) is 26.7 Å². The third kappa shape index (κ3) is 4.95. The number of aromatic hydroxyl groups is 1. The van der Waals surface area contributed by atoms with E-state index in [0.29, 0.717) is 5.56 Å². The normalized spacial score (nSPS) is 14.7. The molecule has 2 N–H and O–H groups in total. The summed E-state index contributed by atoms with van der Waals surface area (Å²) in [5.41, 5.74) is 4.72. The molecule has 3 aromatic carbocycles. The third-order valence-corrected chi connectivity index (χ3v) is 7.23. The van der Waals surface area contributed by atoms with Gasteiger partial charge in [0.2, 0.25) is 0 Å².